The van der Waals surface area contributed by atoms with Gasteiger partial charge < -0.3 is 14.8 Å². The molecule has 5 nitrogen and oxygen atoms in total. The van der Waals surface area contributed by atoms with Crippen LogP contribution in [0.4, 0.5) is 4.79 Å². The van der Waals surface area contributed by atoms with Crippen LogP contribution in [0, 0.1) is 5.92 Å². The van der Waals surface area contributed by atoms with Gasteiger partial charge in [-0.05, 0) is 44.9 Å². The first-order chi connectivity index (χ1) is 10.2. The Hall–Kier alpha value is -1.75. The van der Waals surface area contributed by atoms with Crippen molar-refractivity contribution in [3.63, 3.8) is 0 Å². The van der Waals surface area contributed by atoms with Crippen molar-refractivity contribution in [1.29, 1.82) is 0 Å². The Balaban J connectivity index is 2.63. The Morgan fingerprint density at radius 2 is 1.82 bits per heavy atom. The van der Waals surface area contributed by atoms with Gasteiger partial charge in [-0.15, -0.1) is 0 Å². The molecule has 1 aromatic carbocycles. The lowest BCUT2D eigenvalue weighted by Gasteiger charge is -2.21. The Labute approximate surface area is 135 Å². The van der Waals surface area contributed by atoms with Gasteiger partial charge in [-0.25, -0.2) is 4.79 Å². The van der Waals surface area contributed by atoms with E-state index in [9.17, 15) is 9.59 Å². The number of amides is 1. The van der Waals surface area contributed by atoms with Gasteiger partial charge in [-0.3, -0.25) is 4.79 Å². The molecule has 0 bridgehead atoms. The SMILES string of the molecule is COC(=O)C(CNC(=O)OC(C)(C)C)Cc1ccc(Cl)cc1. The molecule has 1 atom stereocenters. The van der Waals surface area contributed by atoms with Crippen LogP contribution in [0.25, 0.3) is 0 Å². The molecule has 1 unspecified atom stereocenters. The van der Waals surface area contributed by atoms with Crippen LogP contribution < -0.4 is 5.32 Å². The van der Waals surface area contributed by atoms with Crippen molar-refractivity contribution in [3.05, 3.63) is 34.9 Å². The Morgan fingerprint density at radius 1 is 1.23 bits per heavy atom. The lowest BCUT2D eigenvalue weighted by Crippen LogP contribution is -2.38. The largest absolute Gasteiger partial charge is 0.469 e. The summed E-state index contributed by atoms with van der Waals surface area (Å²) in [5.41, 5.74) is 0.354. The fourth-order valence-electron chi connectivity index (χ4n) is 1.83. The molecule has 22 heavy (non-hydrogen) atoms. The molecule has 0 heterocycles. The molecular weight excluding hydrogens is 306 g/mol. The van der Waals surface area contributed by atoms with Gasteiger partial charge in [-0.1, -0.05) is 23.7 Å². The summed E-state index contributed by atoms with van der Waals surface area (Å²) in [5, 5.41) is 3.23. The Morgan fingerprint density at radius 3 is 2.32 bits per heavy atom. The van der Waals surface area contributed by atoms with Crippen LogP contribution in [0.5, 0.6) is 0 Å². The van der Waals surface area contributed by atoms with E-state index in [4.69, 9.17) is 21.1 Å². The van der Waals surface area contributed by atoms with E-state index in [1.165, 1.54) is 7.11 Å². The van der Waals surface area contributed by atoms with Crippen LogP contribution in [0.2, 0.25) is 5.02 Å². The van der Waals surface area contributed by atoms with Crippen molar-refractivity contribution in [2.24, 2.45) is 5.92 Å². The average molecular weight is 328 g/mol. The molecule has 0 aliphatic carbocycles. The minimum atomic E-state index is -0.582. The van der Waals surface area contributed by atoms with E-state index in [0.29, 0.717) is 11.4 Å². The highest BCUT2D eigenvalue weighted by molar-refractivity contribution is 6.30. The highest BCUT2D eigenvalue weighted by Crippen LogP contribution is 2.14. The molecule has 0 aliphatic heterocycles. The number of hydrogen-bond donors (Lipinski definition) is 1. The number of carbonyl (C=O) groups is 2. The number of benzene rings is 1. The fraction of sp³-hybridized carbons (Fsp3) is 0.500. The third-order valence-electron chi connectivity index (χ3n) is 2.82. The van der Waals surface area contributed by atoms with Gasteiger partial charge in [0.25, 0.3) is 0 Å². The molecular formula is C16H22ClNO4. The smallest absolute Gasteiger partial charge is 0.407 e. The molecule has 0 saturated heterocycles. The van der Waals surface area contributed by atoms with E-state index in [0.717, 1.165) is 5.56 Å². The maximum atomic E-state index is 11.8. The molecule has 0 radical (unpaired) electrons. The maximum absolute atomic E-state index is 11.8. The first-order valence-electron chi connectivity index (χ1n) is 7.00. The molecule has 0 aromatic heterocycles. The van der Waals surface area contributed by atoms with Gasteiger partial charge in [-0.2, -0.15) is 0 Å². The lowest BCUT2D eigenvalue weighted by molar-refractivity contribution is -0.145. The van der Waals surface area contributed by atoms with Crippen molar-refractivity contribution < 1.29 is 19.1 Å². The predicted molar refractivity (Wildman–Crippen MR) is 84.9 cm³/mol. The monoisotopic (exact) mass is 327 g/mol. The number of esters is 1. The molecule has 0 fully saturated rings. The summed E-state index contributed by atoms with van der Waals surface area (Å²) in [7, 11) is 1.32. The Bertz CT molecular complexity index is 508. The topological polar surface area (TPSA) is 64.6 Å². The number of rotatable bonds is 5. The zero-order chi connectivity index (χ0) is 16.8. The van der Waals surface area contributed by atoms with E-state index in [1.54, 1.807) is 32.9 Å². The molecule has 122 valence electrons. The van der Waals surface area contributed by atoms with Gasteiger partial charge in [0.2, 0.25) is 0 Å². The van der Waals surface area contributed by atoms with E-state index in [2.05, 4.69) is 5.32 Å². The van der Waals surface area contributed by atoms with Crippen molar-refractivity contribution in [2.45, 2.75) is 32.8 Å². The van der Waals surface area contributed by atoms with Crippen LogP contribution in [-0.4, -0.2) is 31.3 Å². The molecule has 6 heteroatoms. The molecule has 1 rings (SSSR count). The van der Waals surface area contributed by atoms with Gasteiger partial charge in [0.1, 0.15) is 5.60 Å². The highest BCUT2D eigenvalue weighted by atomic mass is 35.5. The Kier molecular flexibility index (Phi) is 6.68. The van der Waals surface area contributed by atoms with E-state index in [-0.39, 0.29) is 12.5 Å². The molecule has 1 amide bonds. The van der Waals surface area contributed by atoms with Gasteiger partial charge in [0.05, 0.1) is 13.0 Å². The normalized spacial score (nSPS) is 12.4. The minimum Gasteiger partial charge on any atom is -0.469 e. The van der Waals surface area contributed by atoms with Crippen molar-refractivity contribution >= 4 is 23.7 Å². The first-order valence-corrected chi connectivity index (χ1v) is 7.38. The highest BCUT2D eigenvalue weighted by Gasteiger charge is 2.22. The van der Waals surface area contributed by atoms with Crippen molar-refractivity contribution in [1.82, 2.24) is 5.32 Å². The lowest BCUT2D eigenvalue weighted by atomic mass is 9.99. The van der Waals surface area contributed by atoms with Crippen LogP contribution in [0.3, 0.4) is 0 Å². The minimum absolute atomic E-state index is 0.143. The number of carbonyl (C=O) groups excluding carboxylic acids is 2. The molecule has 0 spiro atoms. The number of halogens is 1. The second kappa shape index (κ2) is 8.03. The van der Waals surface area contributed by atoms with Gasteiger partial charge >= 0.3 is 12.1 Å². The van der Waals surface area contributed by atoms with Gasteiger partial charge in [0, 0.05) is 11.6 Å². The third-order valence-corrected chi connectivity index (χ3v) is 3.07. The van der Waals surface area contributed by atoms with E-state index in [1.807, 2.05) is 12.1 Å². The summed E-state index contributed by atoms with van der Waals surface area (Å²) in [5.74, 6) is -0.871. The molecule has 0 aliphatic rings. The summed E-state index contributed by atoms with van der Waals surface area (Å²) in [6.45, 7) is 5.47. The van der Waals surface area contributed by atoms with Crippen LogP contribution in [0.15, 0.2) is 24.3 Å². The second-order valence-electron chi connectivity index (χ2n) is 5.93. The maximum Gasteiger partial charge on any atom is 0.407 e. The zero-order valence-electron chi connectivity index (χ0n) is 13.3. The molecule has 0 saturated carbocycles. The average Bonchev–Trinajstić information content (AvgIpc) is 2.42. The molecule has 1 aromatic rings. The van der Waals surface area contributed by atoms with Crippen molar-refractivity contribution in [3.8, 4) is 0 Å². The number of ether oxygens (including phenoxy) is 2. The first kappa shape index (κ1) is 18.3. The van der Waals surface area contributed by atoms with E-state index < -0.39 is 17.6 Å². The fourth-order valence-corrected chi connectivity index (χ4v) is 1.96. The summed E-state index contributed by atoms with van der Waals surface area (Å²) < 4.78 is 9.93. The zero-order valence-corrected chi connectivity index (χ0v) is 14.1. The number of alkyl carbamates (subject to hydrolysis) is 1. The third kappa shape index (κ3) is 6.80. The predicted octanol–water partition coefficient (Wildman–Crippen LogP) is 3.20. The standard InChI is InChI=1S/C16H22ClNO4/c1-16(2,3)22-15(20)18-10-12(14(19)21-4)9-11-5-7-13(17)8-6-11/h5-8,12H,9-10H2,1-4H3,(H,18,20). The number of hydrogen-bond acceptors (Lipinski definition) is 4. The summed E-state index contributed by atoms with van der Waals surface area (Å²) in [6, 6.07) is 7.19. The number of methoxy groups -OCH3 is 1. The molecule has 1 N–H and O–H groups in total. The summed E-state index contributed by atoms with van der Waals surface area (Å²) in [4.78, 5) is 23.5. The quantitative estimate of drug-likeness (QED) is 0.843. The van der Waals surface area contributed by atoms with E-state index >= 15 is 0 Å². The number of nitrogens with one attached hydrogen (secondary N) is 1. The second-order valence-corrected chi connectivity index (χ2v) is 6.37. The summed E-state index contributed by atoms with van der Waals surface area (Å²) >= 11 is 5.84. The van der Waals surface area contributed by atoms with Crippen LogP contribution in [-0.2, 0) is 20.7 Å². The van der Waals surface area contributed by atoms with Gasteiger partial charge in [0.15, 0.2) is 0 Å². The summed E-state index contributed by atoms with van der Waals surface area (Å²) in [6.07, 6.45) is -0.114. The van der Waals surface area contributed by atoms with Crippen LogP contribution >= 0.6 is 11.6 Å². The van der Waals surface area contributed by atoms with Crippen LogP contribution in [0.1, 0.15) is 26.3 Å². The van der Waals surface area contributed by atoms with Crippen molar-refractivity contribution in [2.75, 3.05) is 13.7 Å².